The Morgan fingerprint density at radius 1 is 1.21 bits per heavy atom. The summed E-state index contributed by atoms with van der Waals surface area (Å²) in [6, 6.07) is 2.31. The second-order valence-electron chi connectivity index (χ2n) is 4.71. The largest absolute Gasteiger partial charge is 0.462 e. The molecule has 2 rings (SSSR count). The normalized spacial score (nSPS) is 10.3. The predicted molar refractivity (Wildman–Crippen MR) is 78.8 cm³/mol. The highest BCUT2D eigenvalue weighted by Gasteiger charge is 2.18. The van der Waals surface area contributed by atoms with E-state index in [-0.39, 0.29) is 17.9 Å². The predicted octanol–water partition coefficient (Wildman–Crippen LogP) is 2.86. The van der Waals surface area contributed by atoms with Crippen molar-refractivity contribution in [1.29, 1.82) is 0 Å². The van der Waals surface area contributed by atoms with E-state index in [0.717, 1.165) is 0 Å². The molecule has 0 saturated carbocycles. The van der Waals surface area contributed by atoms with E-state index in [9.17, 15) is 22.8 Å². The number of nitrogens with one attached hydrogen (secondary N) is 1. The average molecular weight is 338 g/mol. The molecule has 1 N–H and O–H groups in total. The van der Waals surface area contributed by atoms with Crippen molar-refractivity contribution in [2.75, 3.05) is 11.9 Å². The van der Waals surface area contributed by atoms with Crippen LogP contribution in [-0.2, 0) is 16.0 Å². The first-order chi connectivity index (χ1) is 11.4. The SMILES string of the molecule is CCOC(=O)c1ccncc1NC(=O)Cc1c(F)cc(F)cc1F. The Morgan fingerprint density at radius 2 is 1.88 bits per heavy atom. The number of carbonyl (C=O) groups excluding carboxylic acids is 2. The first-order valence-corrected chi connectivity index (χ1v) is 6.96. The van der Waals surface area contributed by atoms with Gasteiger partial charge < -0.3 is 10.1 Å². The second-order valence-corrected chi connectivity index (χ2v) is 4.71. The number of benzene rings is 1. The molecule has 0 aliphatic rings. The molecule has 1 aromatic carbocycles. The number of aromatic nitrogens is 1. The third-order valence-corrected chi connectivity index (χ3v) is 3.03. The van der Waals surface area contributed by atoms with Gasteiger partial charge in [-0.15, -0.1) is 0 Å². The van der Waals surface area contributed by atoms with Crippen molar-refractivity contribution in [3.8, 4) is 0 Å². The van der Waals surface area contributed by atoms with Gasteiger partial charge in [0.05, 0.1) is 30.5 Å². The van der Waals surface area contributed by atoms with Gasteiger partial charge in [-0.3, -0.25) is 9.78 Å². The van der Waals surface area contributed by atoms with Gasteiger partial charge in [0.1, 0.15) is 17.5 Å². The molecule has 0 spiro atoms. The van der Waals surface area contributed by atoms with Crippen LogP contribution in [0.5, 0.6) is 0 Å². The third-order valence-electron chi connectivity index (χ3n) is 3.03. The molecule has 0 atom stereocenters. The van der Waals surface area contributed by atoms with Crippen LogP contribution in [0.1, 0.15) is 22.8 Å². The van der Waals surface area contributed by atoms with Crippen LogP contribution in [0.25, 0.3) is 0 Å². The Bertz CT molecular complexity index is 758. The molecule has 1 amide bonds. The van der Waals surface area contributed by atoms with Crippen molar-refractivity contribution in [3.63, 3.8) is 0 Å². The van der Waals surface area contributed by atoms with Gasteiger partial charge in [0.15, 0.2) is 0 Å². The average Bonchev–Trinajstić information content (AvgIpc) is 2.51. The first-order valence-electron chi connectivity index (χ1n) is 6.96. The zero-order valence-electron chi connectivity index (χ0n) is 12.6. The van der Waals surface area contributed by atoms with Crippen LogP contribution in [0.15, 0.2) is 30.6 Å². The minimum Gasteiger partial charge on any atom is -0.462 e. The molecule has 1 aromatic heterocycles. The summed E-state index contributed by atoms with van der Waals surface area (Å²) in [5.74, 6) is -4.88. The summed E-state index contributed by atoms with van der Waals surface area (Å²) in [6.45, 7) is 1.76. The number of nitrogens with zero attached hydrogens (tertiary/aromatic N) is 1. The van der Waals surface area contributed by atoms with Crippen LogP contribution in [0.3, 0.4) is 0 Å². The van der Waals surface area contributed by atoms with Crippen molar-refractivity contribution < 1.29 is 27.5 Å². The molecule has 2 aromatic rings. The summed E-state index contributed by atoms with van der Waals surface area (Å²) >= 11 is 0. The van der Waals surface area contributed by atoms with Gasteiger partial charge in [-0.1, -0.05) is 0 Å². The zero-order chi connectivity index (χ0) is 17.7. The Labute approximate surface area is 135 Å². The molecule has 1 heterocycles. The zero-order valence-corrected chi connectivity index (χ0v) is 12.6. The molecule has 0 unspecified atom stereocenters. The van der Waals surface area contributed by atoms with E-state index in [1.54, 1.807) is 6.92 Å². The molecule has 8 heteroatoms. The monoisotopic (exact) mass is 338 g/mol. The minimum absolute atomic E-state index is 0.0453. The lowest BCUT2D eigenvalue weighted by molar-refractivity contribution is -0.115. The van der Waals surface area contributed by atoms with E-state index >= 15 is 0 Å². The summed E-state index contributed by atoms with van der Waals surface area (Å²) in [5.41, 5.74) is -0.473. The molecule has 5 nitrogen and oxygen atoms in total. The third kappa shape index (κ3) is 4.09. The van der Waals surface area contributed by atoms with Gasteiger partial charge >= 0.3 is 5.97 Å². The van der Waals surface area contributed by atoms with Crippen LogP contribution >= 0.6 is 0 Å². The maximum absolute atomic E-state index is 13.6. The van der Waals surface area contributed by atoms with Gasteiger partial charge in [0.2, 0.25) is 5.91 Å². The van der Waals surface area contributed by atoms with E-state index < -0.39 is 41.3 Å². The quantitative estimate of drug-likeness (QED) is 0.851. The van der Waals surface area contributed by atoms with E-state index in [1.165, 1.54) is 18.5 Å². The summed E-state index contributed by atoms with van der Waals surface area (Å²) < 4.78 is 44.9. The summed E-state index contributed by atoms with van der Waals surface area (Å²) in [6.07, 6.45) is 1.87. The number of pyridine rings is 1. The fourth-order valence-electron chi connectivity index (χ4n) is 1.98. The highest BCUT2D eigenvalue weighted by Crippen LogP contribution is 2.18. The fraction of sp³-hybridized carbons (Fsp3) is 0.188. The molecular formula is C16H13F3N2O3. The van der Waals surface area contributed by atoms with E-state index in [0.29, 0.717) is 12.1 Å². The number of hydrogen-bond donors (Lipinski definition) is 1. The van der Waals surface area contributed by atoms with Gasteiger partial charge in [0.25, 0.3) is 0 Å². The number of halogens is 3. The van der Waals surface area contributed by atoms with Crippen LogP contribution in [0, 0.1) is 17.5 Å². The Morgan fingerprint density at radius 3 is 2.50 bits per heavy atom. The van der Waals surface area contributed by atoms with Crippen LogP contribution in [0.2, 0.25) is 0 Å². The summed E-state index contributed by atoms with van der Waals surface area (Å²) in [4.78, 5) is 27.5. The molecule has 0 saturated heterocycles. The number of carbonyl (C=O) groups is 2. The van der Waals surface area contributed by atoms with Crippen molar-refractivity contribution in [3.05, 3.63) is 59.2 Å². The van der Waals surface area contributed by atoms with E-state index in [2.05, 4.69) is 10.3 Å². The number of amides is 1. The number of anilines is 1. The second kappa shape index (κ2) is 7.58. The Balaban J connectivity index is 2.18. The minimum atomic E-state index is -1.17. The smallest absolute Gasteiger partial charge is 0.340 e. The lowest BCUT2D eigenvalue weighted by Crippen LogP contribution is -2.19. The van der Waals surface area contributed by atoms with E-state index in [1.807, 2.05) is 0 Å². The molecular weight excluding hydrogens is 325 g/mol. The maximum atomic E-state index is 13.6. The highest BCUT2D eigenvalue weighted by molar-refractivity contribution is 6.01. The van der Waals surface area contributed by atoms with E-state index in [4.69, 9.17) is 4.74 Å². The van der Waals surface area contributed by atoms with Crippen molar-refractivity contribution >= 4 is 17.6 Å². The number of esters is 1. The van der Waals surface area contributed by atoms with Crippen molar-refractivity contribution in [2.45, 2.75) is 13.3 Å². The van der Waals surface area contributed by atoms with Gasteiger partial charge in [-0.25, -0.2) is 18.0 Å². The first kappa shape index (κ1) is 17.5. The lowest BCUT2D eigenvalue weighted by atomic mass is 10.1. The Kier molecular flexibility index (Phi) is 5.51. The van der Waals surface area contributed by atoms with Crippen LogP contribution in [0.4, 0.5) is 18.9 Å². The molecule has 24 heavy (non-hydrogen) atoms. The highest BCUT2D eigenvalue weighted by atomic mass is 19.1. The lowest BCUT2D eigenvalue weighted by Gasteiger charge is -2.10. The number of rotatable bonds is 5. The maximum Gasteiger partial charge on any atom is 0.340 e. The number of ether oxygens (including phenoxy) is 1. The molecule has 126 valence electrons. The summed E-state index contributed by atoms with van der Waals surface area (Å²) in [7, 11) is 0. The van der Waals surface area contributed by atoms with Gasteiger partial charge in [-0.05, 0) is 13.0 Å². The number of hydrogen-bond acceptors (Lipinski definition) is 4. The van der Waals surface area contributed by atoms with Crippen LogP contribution < -0.4 is 5.32 Å². The summed E-state index contributed by atoms with van der Waals surface area (Å²) in [5, 5.41) is 2.34. The molecule has 0 aliphatic heterocycles. The van der Waals surface area contributed by atoms with Crippen molar-refractivity contribution in [1.82, 2.24) is 4.98 Å². The van der Waals surface area contributed by atoms with Gasteiger partial charge in [0, 0.05) is 23.9 Å². The fourth-order valence-corrected chi connectivity index (χ4v) is 1.98. The topological polar surface area (TPSA) is 68.3 Å². The standard InChI is InChI=1S/C16H13F3N2O3/c1-2-24-16(23)10-3-4-20-8-14(10)21-15(22)7-11-12(18)5-9(17)6-13(11)19/h3-6,8H,2,7H2,1H3,(H,21,22). The Hall–Kier alpha value is -2.90. The molecule has 0 fully saturated rings. The molecule has 0 aliphatic carbocycles. The molecule has 0 bridgehead atoms. The van der Waals surface area contributed by atoms with Gasteiger partial charge in [-0.2, -0.15) is 0 Å². The molecule has 0 radical (unpaired) electrons. The van der Waals surface area contributed by atoms with Crippen molar-refractivity contribution in [2.24, 2.45) is 0 Å². The van der Waals surface area contributed by atoms with Crippen LogP contribution in [-0.4, -0.2) is 23.5 Å².